The van der Waals surface area contributed by atoms with E-state index >= 15 is 0 Å². The Labute approximate surface area is 190 Å². The van der Waals surface area contributed by atoms with Crippen molar-refractivity contribution in [3.05, 3.63) is 57.8 Å². The number of aromatic nitrogens is 4. The number of piperazine rings is 1. The Balaban J connectivity index is 1.15. The minimum atomic E-state index is -0.0744. The maximum atomic E-state index is 13.0. The number of carbonyl (C=O) groups excluding carboxylic acids is 2. The molecule has 10 heteroatoms. The molecule has 0 bridgehead atoms. The molecule has 0 N–H and O–H groups in total. The molecule has 32 heavy (non-hydrogen) atoms. The third kappa shape index (κ3) is 3.91. The van der Waals surface area contributed by atoms with Crippen LogP contribution < -0.4 is 0 Å². The van der Waals surface area contributed by atoms with Gasteiger partial charge in [-0.25, -0.2) is 4.98 Å². The van der Waals surface area contributed by atoms with Crippen LogP contribution >= 0.6 is 11.3 Å². The van der Waals surface area contributed by atoms with E-state index in [0.717, 1.165) is 24.3 Å². The lowest BCUT2D eigenvalue weighted by molar-refractivity contribution is 0.00817. The van der Waals surface area contributed by atoms with E-state index in [4.69, 9.17) is 0 Å². The van der Waals surface area contributed by atoms with Crippen LogP contribution in [-0.4, -0.2) is 91.8 Å². The van der Waals surface area contributed by atoms with Crippen LogP contribution in [-0.2, 0) is 0 Å². The molecule has 2 aliphatic heterocycles. The van der Waals surface area contributed by atoms with Crippen molar-refractivity contribution in [2.45, 2.75) is 19.9 Å². The van der Waals surface area contributed by atoms with Gasteiger partial charge < -0.3 is 9.80 Å². The molecule has 5 rings (SSSR count). The molecule has 1 aromatic carbocycles. The molecule has 2 aromatic heterocycles. The van der Waals surface area contributed by atoms with Gasteiger partial charge >= 0.3 is 0 Å². The summed E-state index contributed by atoms with van der Waals surface area (Å²) in [4.78, 5) is 37.1. The fraction of sp³-hybridized carbons (Fsp3) is 0.409. The van der Waals surface area contributed by atoms with Gasteiger partial charge in [0, 0.05) is 56.9 Å². The van der Waals surface area contributed by atoms with Crippen LogP contribution in [0.4, 0.5) is 0 Å². The Kier molecular flexibility index (Phi) is 5.48. The molecule has 4 heterocycles. The number of thiazole rings is 1. The van der Waals surface area contributed by atoms with Crippen molar-refractivity contribution >= 4 is 23.2 Å². The fourth-order valence-electron chi connectivity index (χ4n) is 4.13. The highest BCUT2D eigenvalue weighted by Gasteiger charge is 2.38. The highest BCUT2D eigenvalue weighted by molar-refractivity contribution is 7.11. The van der Waals surface area contributed by atoms with Gasteiger partial charge in [0.2, 0.25) is 0 Å². The Morgan fingerprint density at radius 1 is 0.938 bits per heavy atom. The molecule has 2 aliphatic rings. The smallest absolute Gasteiger partial charge is 0.282 e. The second-order valence-corrected chi connectivity index (χ2v) is 9.18. The van der Waals surface area contributed by atoms with Gasteiger partial charge in [0.25, 0.3) is 11.8 Å². The zero-order valence-corrected chi connectivity index (χ0v) is 19.0. The van der Waals surface area contributed by atoms with E-state index in [1.807, 2.05) is 53.3 Å². The number of rotatable bonds is 4. The van der Waals surface area contributed by atoms with Gasteiger partial charge in [-0.05, 0) is 26.0 Å². The van der Waals surface area contributed by atoms with E-state index in [2.05, 4.69) is 20.1 Å². The SMILES string of the molecule is Cc1ccc(-n2nc(C)c(C(=O)N3CC(N4CCN(C(=O)c5nccs5)CC4)C3)n2)cc1. The van der Waals surface area contributed by atoms with Crippen molar-refractivity contribution in [3.63, 3.8) is 0 Å². The van der Waals surface area contributed by atoms with E-state index in [0.29, 0.717) is 48.6 Å². The lowest BCUT2D eigenvalue weighted by Gasteiger charge is -2.47. The van der Waals surface area contributed by atoms with Crippen LogP contribution in [0.2, 0.25) is 0 Å². The topological polar surface area (TPSA) is 87.5 Å². The molecular weight excluding hydrogens is 426 g/mol. The van der Waals surface area contributed by atoms with Gasteiger partial charge in [-0.1, -0.05) is 17.7 Å². The van der Waals surface area contributed by atoms with E-state index in [-0.39, 0.29) is 11.8 Å². The van der Waals surface area contributed by atoms with Gasteiger partial charge in [-0.3, -0.25) is 14.5 Å². The van der Waals surface area contributed by atoms with Crippen LogP contribution in [0.5, 0.6) is 0 Å². The predicted octanol–water partition coefficient (Wildman–Crippen LogP) is 1.62. The summed E-state index contributed by atoms with van der Waals surface area (Å²) in [6.07, 6.45) is 1.66. The third-order valence-electron chi connectivity index (χ3n) is 6.13. The lowest BCUT2D eigenvalue weighted by atomic mass is 10.0. The van der Waals surface area contributed by atoms with Crippen LogP contribution in [0, 0.1) is 13.8 Å². The summed E-state index contributed by atoms with van der Waals surface area (Å²) in [6, 6.07) is 8.21. The van der Waals surface area contributed by atoms with E-state index in [1.165, 1.54) is 16.1 Å². The van der Waals surface area contributed by atoms with Gasteiger partial charge in [0.15, 0.2) is 10.7 Å². The molecule has 0 saturated carbocycles. The molecule has 0 radical (unpaired) electrons. The third-order valence-corrected chi connectivity index (χ3v) is 6.89. The molecule has 0 unspecified atom stereocenters. The van der Waals surface area contributed by atoms with Crippen molar-refractivity contribution in [1.29, 1.82) is 0 Å². The van der Waals surface area contributed by atoms with Crippen molar-refractivity contribution in [2.24, 2.45) is 0 Å². The maximum Gasteiger partial charge on any atom is 0.282 e. The second-order valence-electron chi connectivity index (χ2n) is 8.29. The number of hydrogen-bond acceptors (Lipinski definition) is 7. The number of likely N-dealkylation sites (tertiary alicyclic amines) is 1. The summed E-state index contributed by atoms with van der Waals surface area (Å²) in [7, 11) is 0. The molecule has 2 saturated heterocycles. The number of aryl methyl sites for hydroxylation is 2. The van der Waals surface area contributed by atoms with Gasteiger partial charge in [0.05, 0.1) is 11.4 Å². The number of amides is 2. The first-order valence-electron chi connectivity index (χ1n) is 10.7. The summed E-state index contributed by atoms with van der Waals surface area (Å²) < 4.78 is 0. The van der Waals surface area contributed by atoms with Gasteiger partial charge in [-0.15, -0.1) is 16.4 Å². The molecule has 2 amide bonds. The normalized spacial score (nSPS) is 17.4. The number of carbonyl (C=O) groups is 2. The van der Waals surface area contributed by atoms with E-state index in [1.54, 1.807) is 6.20 Å². The second kappa shape index (κ2) is 8.44. The quantitative estimate of drug-likeness (QED) is 0.599. The predicted molar refractivity (Wildman–Crippen MR) is 120 cm³/mol. The molecular formula is C22H25N7O2S. The standard InChI is InChI=1S/C22H25N7O2S/c1-15-3-5-17(6-4-15)29-24-16(2)19(25-29)21(30)28-13-18(14-28)26-8-10-27(11-9-26)22(31)20-23-7-12-32-20/h3-7,12,18H,8-11,13-14H2,1-2H3. The lowest BCUT2D eigenvalue weighted by Crippen LogP contribution is -2.64. The average molecular weight is 452 g/mol. The van der Waals surface area contributed by atoms with E-state index in [9.17, 15) is 9.59 Å². The zero-order valence-electron chi connectivity index (χ0n) is 18.1. The van der Waals surface area contributed by atoms with Gasteiger partial charge in [0.1, 0.15) is 0 Å². The average Bonchev–Trinajstić information content (AvgIpc) is 3.43. The van der Waals surface area contributed by atoms with Crippen molar-refractivity contribution in [1.82, 2.24) is 34.7 Å². The molecule has 0 atom stereocenters. The molecule has 0 spiro atoms. The first-order chi connectivity index (χ1) is 15.5. The van der Waals surface area contributed by atoms with Crippen molar-refractivity contribution in [2.75, 3.05) is 39.3 Å². The summed E-state index contributed by atoms with van der Waals surface area (Å²) in [5.74, 6) is -0.0631. The zero-order chi connectivity index (χ0) is 22.2. The Hall–Kier alpha value is -3.11. The summed E-state index contributed by atoms with van der Waals surface area (Å²) in [6.45, 7) is 8.20. The van der Waals surface area contributed by atoms with Crippen molar-refractivity contribution in [3.8, 4) is 5.69 Å². The Bertz CT molecular complexity index is 1110. The van der Waals surface area contributed by atoms with Crippen molar-refractivity contribution < 1.29 is 9.59 Å². The summed E-state index contributed by atoms with van der Waals surface area (Å²) >= 11 is 1.38. The van der Waals surface area contributed by atoms with Crippen LogP contribution in [0.1, 0.15) is 31.5 Å². The number of benzene rings is 1. The molecule has 0 aliphatic carbocycles. The minimum Gasteiger partial charge on any atom is -0.334 e. The van der Waals surface area contributed by atoms with Crippen LogP contribution in [0.3, 0.4) is 0 Å². The number of hydrogen-bond donors (Lipinski definition) is 0. The minimum absolute atomic E-state index is 0.0113. The highest BCUT2D eigenvalue weighted by atomic mass is 32.1. The molecule has 166 valence electrons. The van der Waals surface area contributed by atoms with E-state index < -0.39 is 0 Å². The summed E-state index contributed by atoms with van der Waals surface area (Å²) in [5.41, 5.74) is 3.04. The molecule has 9 nitrogen and oxygen atoms in total. The van der Waals surface area contributed by atoms with Crippen LogP contribution in [0.25, 0.3) is 5.69 Å². The maximum absolute atomic E-state index is 13.0. The monoisotopic (exact) mass is 451 g/mol. The highest BCUT2D eigenvalue weighted by Crippen LogP contribution is 2.21. The molecule has 3 aromatic rings. The fourth-order valence-corrected chi connectivity index (χ4v) is 4.73. The first kappa shape index (κ1) is 20.8. The van der Waals surface area contributed by atoms with Crippen LogP contribution in [0.15, 0.2) is 35.8 Å². The number of nitrogens with zero attached hydrogens (tertiary/aromatic N) is 7. The Morgan fingerprint density at radius 2 is 1.66 bits per heavy atom. The Morgan fingerprint density at radius 3 is 2.31 bits per heavy atom. The largest absolute Gasteiger partial charge is 0.334 e. The molecule has 2 fully saturated rings. The first-order valence-corrected chi connectivity index (χ1v) is 11.6. The van der Waals surface area contributed by atoms with Gasteiger partial charge in [-0.2, -0.15) is 9.90 Å². The summed E-state index contributed by atoms with van der Waals surface area (Å²) in [5, 5.41) is 11.3.